The van der Waals surface area contributed by atoms with Gasteiger partial charge in [-0.15, -0.1) is 0 Å². The molecule has 0 aliphatic carbocycles. The van der Waals surface area contributed by atoms with E-state index in [0.717, 1.165) is 11.5 Å². The van der Waals surface area contributed by atoms with Crippen LogP contribution in [0.4, 0.5) is 5.82 Å². The molecule has 0 radical (unpaired) electrons. The molecule has 0 amide bonds. The molecule has 1 aromatic carbocycles. The summed E-state index contributed by atoms with van der Waals surface area (Å²) in [7, 11) is 1.80. The zero-order valence-corrected chi connectivity index (χ0v) is 11.9. The standard InChI is InChI=1S/C15H15N5O/c1-10-7-13(16-2)19-14(18-10)8-20-9-17-12-6-4-3-5-11(12)15(20)21/h3-7,9H,8H2,1-2H3,(H,16,18,19). The van der Waals surface area contributed by atoms with Crippen molar-refractivity contribution in [2.75, 3.05) is 12.4 Å². The predicted octanol–water partition coefficient (Wildman–Crippen LogP) is 1.58. The van der Waals surface area contributed by atoms with Crippen molar-refractivity contribution in [1.29, 1.82) is 0 Å². The van der Waals surface area contributed by atoms with E-state index in [2.05, 4.69) is 20.3 Å². The topological polar surface area (TPSA) is 72.7 Å². The maximum atomic E-state index is 12.4. The van der Waals surface area contributed by atoms with E-state index >= 15 is 0 Å². The van der Waals surface area contributed by atoms with E-state index < -0.39 is 0 Å². The van der Waals surface area contributed by atoms with E-state index in [4.69, 9.17) is 0 Å². The maximum Gasteiger partial charge on any atom is 0.261 e. The molecule has 3 aromatic rings. The predicted molar refractivity (Wildman–Crippen MR) is 81.4 cm³/mol. The number of para-hydroxylation sites is 1. The fourth-order valence-electron chi connectivity index (χ4n) is 2.20. The monoisotopic (exact) mass is 281 g/mol. The highest BCUT2D eigenvalue weighted by Crippen LogP contribution is 2.08. The Morgan fingerprint density at radius 2 is 2.05 bits per heavy atom. The van der Waals surface area contributed by atoms with Crippen LogP contribution in [0.15, 0.2) is 41.5 Å². The second-order valence-electron chi connectivity index (χ2n) is 4.76. The van der Waals surface area contributed by atoms with Gasteiger partial charge in [-0.25, -0.2) is 15.0 Å². The van der Waals surface area contributed by atoms with Gasteiger partial charge in [0.05, 0.1) is 23.8 Å². The highest BCUT2D eigenvalue weighted by molar-refractivity contribution is 5.76. The lowest BCUT2D eigenvalue weighted by molar-refractivity contribution is 0.704. The molecular formula is C15H15N5O. The van der Waals surface area contributed by atoms with Crippen LogP contribution in [0.3, 0.4) is 0 Å². The minimum Gasteiger partial charge on any atom is -0.373 e. The molecule has 0 saturated carbocycles. The molecule has 21 heavy (non-hydrogen) atoms. The minimum absolute atomic E-state index is 0.0864. The molecule has 0 atom stereocenters. The third-order valence-corrected chi connectivity index (χ3v) is 3.20. The molecular weight excluding hydrogens is 266 g/mol. The van der Waals surface area contributed by atoms with Gasteiger partial charge in [-0.05, 0) is 19.1 Å². The minimum atomic E-state index is -0.0864. The number of anilines is 1. The van der Waals surface area contributed by atoms with Crippen LogP contribution < -0.4 is 10.9 Å². The summed E-state index contributed by atoms with van der Waals surface area (Å²) in [6.45, 7) is 2.19. The quantitative estimate of drug-likeness (QED) is 0.789. The third-order valence-electron chi connectivity index (χ3n) is 3.20. The molecule has 0 bridgehead atoms. The first-order valence-electron chi connectivity index (χ1n) is 6.64. The number of benzene rings is 1. The Morgan fingerprint density at radius 1 is 1.24 bits per heavy atom. The first-order valence-corrected chi connectivity index (χ1v) is 6.64. The summed E-state index contributed by atoms with van der Waals surface area (Å²) in [6.07, 6.45) is 1.54. The van der Waals surface area contributed by atoms with E-state index in [1.807, 2.05) is 31.2 Å². The number of hydrogen-bond acceptors (Lipinski definition) is 5. The zero-order chi connectivity index (χ0) is 14.8. The van der Waals surface area contributed by atoms with E-state index in [9.17, 15) is 4.79 Å². The second kappa shape index (κ2) is 5.32. The zero-order valence-electron chi connectivity index (χ0n) is 11.9. The van der Waals surface area contributed by atoms with Crippen molar-refractivity contribution in [2.24, 2.45) is 0 Å². The summed E-state index contributed by atoms with van der Waals surface area (Å²) < 4.78 is 1.52. The van der Waals surface area contributed by atoms with Gasteiger partial charge < -0.3 is 5.32 Å². The lowest BCUT2D eigenvalue weighted by Gasteiger charge is -2.08. The Morgan fingerprint density at radius 3 is 2.86 bits per heavy atom. The largest absolute Gasteiger partial charge is 0.373 e. The van der Waals surface area contributed by atoms with Gasteiger partial charge in [0.15, 0.2) is 5.82 Å². The van der Waals surface area contributed by atoms with Crippen molar-refractivity contribution in [1.82, 2.24) is 19.5 Å². The smallest absolute Gasteiger partial charge is 0.261 e. The molecule has 0 aliphatic heterocycles. The number of nitrogens with zero attached hydrogens (tertiary/aromatic N) is 4. The molecule has 0 spiro atoms. The molecule has 2 aromatic heterocycles. The van der Waals surface area contributed by atoms with Crippen LogP contribution in [-0.4, -0.2) is 26.6 Å². The highest BCUT2D eigenvalue weighted by atomic mass is 16.1. The van der Waals surface area contributed by atoms with E-state index in [1.54, 1.807) is 13.1 Å². The van der Waals surface area contributed by atoms with Gasteiger partial charge in [0.1, 0.15) is 5.82 Å². The summed E-state index contributed by atoms with van der Waals surface area (Å²) in [4.78, 5) is 25.4. The van der Waals surface area contributed by atoms with E-state index in [-0.39, 0.29) is 5.56 Å². The van der Waals surface area contributed by atoms with Crippen molar-refractivity contribution in [2.45, 2.75) is 13.5 Å². The van der Waals surface area contributed by atoms with Gasteiger partial charge >= 0.3 is 0 Å². The number of fused-ring (bicyclic) bond motifs is 1. The summed E-state index contributed by atoms with van der Waals surface area (Å²) >= 11 is 0. The van der Waals surface area contributed by atoms with Crippen molar-refractivity contribution in [3.63, 3.8) is 0 Å². The van der Waals surface area contributed by atoms with Crippen LogP contribution in [0.25, 0.3) is 10.9 Å². The molecule has 0 unspecified atom stereocenters. The fraction of sp³-hybridized carbons (Fsp3) is 0.200. The Balaban J connectivity index is 2.04. The Hall–Kier alpha value is -2.76. The van der Waals surface area contributed by atoms with Crippen LogP contribution in [0, 0.1) is 6.92 Å². The van der Waals surface area contributed by atoms with Gasteiger partial charge in [0, 0.05) is 18.8 Å². The number of nitrogens with one attached hydrogen (secondary N) is 1. The maximum absolute atomic E-state index is 12.4. The number of rotatable bonds is 3. The van der Waals surface area contributed by atoms with E-state index in [1.165, 1.54) is 10.9 Å². The van der Waals surface area contributed by atoms with Crippen molar-refractivity contribution >= 4 is 16.7 Å². The van der Waals surface area contributed by atoms with Gasteiger partial charge in [-0.2, -0.15) is 0 Å². The second-order valence-corrected chi connectivity index (χ2v) is 4.76. The summed E-state index contributed by atoms with van der Waals surface area (Å²) in [5.74, 6) is 1.32. The highest BCUT2D eigenvalue weighted by Gasteiger charge is 2.07. The van der Waals surface area contributed by atoms with Crippen molar-refractivity contribution in [3.05, 3.63) is 58.5 Å². The van der Waals surface area contributed by atoms with Crippen LogP contribution in [0.2, 0.25) is 0 Å². The molecule has 1 N–H and O–H groups in total. The molecule has 6 heteroatoms. The van der Waals surface area contributed by atoms with Gasteiger partial charge in [0.2, 0.25) is 0 Å². The molecule has 3 rings (SSSR count). The van der Waals surface area contributed by atoms with Crippen molar-refractivity contribution < 1.29 is 0 Å². The first kappa shape index (κ1) is 13.2. The fourth-order valence-corrected chi connectivity index (χ4v) is 2.20. The molecule has 0 saturated heterocycles. The Labute approximate surface area is 121 Å². The van der Waals surface area contributed by atoms with Crippen LogP contribution >= 0.6 is 0 Å². The molecule has 0 aliphatic rings. The lowest BCUT2D eigenvalue weighted by atomic mass is 10.2. The molecule has 0 fully saturated rings. The van der Waals surface area contributed by atoms with Gasteiger partial charge in [0.25, 0.3) is 5.56 Å². The van der Waals surface area contributed by atoms with E-state index in [0.29, 0.717) is 23.3 Å². The Bertz CT molecular complexity index is 856. The van der Waals surface area contributed by atoms with Gasteiger partial charge in [-0.1, -0.05) is 12.1 Å². The number of hydrogen-bond donors (Lipinski definition) is 1. The van der Waals surface area contributed by atoms with Gasteiger partial charge in [-0.3, -0.25) is 9.36 Å². The first-order chi connectivity index (χ1) is 10.2. The third kappa shape index (κ3) is 2.60. The lowest BCUT2D eigenvalue weighted by Crippen LogP contribution is -2.22. The molecule has 6 nitrogen and oxygen atoms in total. The summed E-state index contributed by atoms with van der Waals surface area (Å²) in [5.41, 5.74) is 1.46. The number of aromatic nitrogens is 4. The SMILES string of the molecule is CNc1cc(C)nc(Cn2cnc3ccccc3c2=O)n1. The molecule has 106 valence electrons. The molecule has 2 heterocycles. The van der Waals surface area contributed by atoms with Crippen LogP contribution in [0.1, 0.15) is 11.5 Å². The average molecular weight is 281 g/mol. The van der Waals surface area contributed by atoms with Crippen LogP contribution in [0.5, 0.6) is 0 Å². The Kier molecular flexibility index (Phi) is 3.35. The number of aryl methyl sites for hydroxylation is 1. The van der Waals surface area contributed by atoms with Crippen LogP contribution in [-0.2, 0) is 6.54 Å². The average Bonchev–Trinajstić information content (AvgIpc) is 2.50. The normalized spacial score (nSPS) is 10.8. The van der Waals surface area contributed by atoms with Crippen molar-refractivity contribution in [3.8, 4) is 0 Å². The summed E-state index contributed by atoms with van der Waals surface area (Å²) in [6, 6.07) is 9.14. The summed E-state index contributed by atoms with van der Waals surface area (Å²) in [5, 5.41) is 3.58.